The summed E-state index contributed by atoms with van der Waals surface area (Å²) < 4.78 is 40.6. The van der Waals surface area contributed by atoms with Crippen molar-refractivity contribution in [2.45, 2.75) is 25.6 Å². The number of nitrogens with zero attached hydrogens (tertiary/aromatic N) is 3. The first-order valence-corrected chi connectivity index (χ1v) is 7.80. The highest BCUT2D eigenvalue weighted by atomic mass is 19.4. The van der Waals surface area contributed by atoms with Crippen LogP contribution < -0.4 is 0 Å². The number of aliphatic carboxylic acids is 1. The van der Waals surface area contributed by atoms with Crippen LogP contribution >= 0.6 is 0 Å². The van der Waals surface area contributed by atoms with Gasteiger partial charge < -0.3 is 14.6 Å². The van der Waals surface area contributed by atoms with Gasteiger partial charge >= 0.3 is 12.1 Å². The van der Waals surface area contributed by atoms with Crippen molar-refractivity contribution in [1.82, 2.24) is 14.5 Å². The number of likely N-dealkylation sites (tertiary alicyclic amines) is 1. The van der Waals surface area contributed by atoms with Gasteiger partial charge in [0, 0.05) is 13.1 Å². The molecule has 134 valence electrons. The number of carbonyl (C=O) groups excluding carboxylic acids is 1. The molecule has 0 spiro atoms. The summed E-state index contributed by atoms with van der Waals surface area (Å²) in [7, 11) is 0. The van der Waals surface area contributed by atoms with Crippen molar-refractivity contribution in [3.63, 3.8) is 0 Å². The van der Waals surface area contributed by atoms with Crippen molar-refractivity contribution in [2.75, 3.05) is 13.1 Å². The third-order valence-electron chi connectivity index (χ3n) is 4.32. The molecule has 2 heterocycles. The molecule has 0 bridgehead atoms. The Morgan fingerprint density at radius 2 is 2.00 bits per heavy atom. The Morgan fingerprint density at radius 3 is 2.68 bits per heavy atom. The lowest BCUT2D eigenvalue weighted by molar-refractivity contribution is -0.148. The van der Waals surface area contributed by atoms with E-state index in [0.717, 1.165) is 4.57 Å². The average Bonchev–Trinajstić information content (AvgIpc) is 2.94. The van der Waals surface area contributed by atoms with E-state index in [-0.39, 0.29) is 17.6 Å². The Kier molecular flexibility index (Phi) is 4.40. The number of alkyl halides is 3. The molecule has 9 heteroatoms. The molecule has 2 aromatic rings. The molecule has 1 fully saturated rings. The van der Waals surface area contributed by atoms with Crippen molar-refractivity contribution < 1.29 is 27.9 Å². The van der Waals surface area contributed by atoms with Gasteiger partial charge in [-0.2, -0.15) is 13.2 Å². The van der Waals surface area contributed by atoms with E-state index in [1.165, 1.54) is 17.0 Å². The number of hydrogen-bond acceptors (Lipinski definition) is 3. The van der Waals surface area contributed by atoms with Crippen LogP contribution in [0.15, 0.2) is 24.3 Å². The van der Waals surface area contributed by atoms with E-state index in [1.807, 2.05) is 0 Å². The fourth-order valence-corrected chi connectivity index (χ4v) is 3.09. The number of benzene rings is 1. The number of amides is 1. The summed E-state index contributed by atoms with van der Waals surface area (Å²) in [6.45, 7) is -0.166. The molecule has 1 unspecified atom stereocenters. The van der Waals surface area contributed by atoms with Gasteiger partial charge in [-0.05, 0) is 25.0 Å². The van der Waals surface area contributed by atoms with E-state index in [2.05, 4.69) is 4.98 Å². The van der Waals surface area contributed by atoms with Crippen LogP contribution in [0.25, 0.3) is 11.0 Å². The van der Waals surface area contributed by atoms with Gasteiger partial charge in [-0.25, -0.2) is 4.98 Å². The summed E-state index contributed by atoms with van der Waals surface area (Å²) in [5.41, 5.74) is 0.375. The number of carboxylic acids is 1. The molecule has 1 saturated heterocycles. The molecule has 0 radical (unpaired) electrons. The van der Waals surface area contributed by atoms with Gasteiger partial charge in [-0.15, -0.1) is 0 Å². The van der Waals surface area contributed by atoms with E-state index < -0.39 is 36.3 Å². The van der Waals surface area contributed by atoms with Crippen LogP contribution in [0.3, 0.4) is 0 Å². The number of fused-ring (bicyclic) bond motifs is 1. The van der Waals surface area contributed by atoms with E-state index in [0.29, 0.717) is 19.4 Å². The predicted molar refractivity (Wildman–Crippen MR) is 81.7 cm³/mol. The summed E-state index contributed by atoms with van der Waals surface area (Å²) in [5.74, 6) is -3.35. The molecule has 1 atom stereocenters. The maximum Gasteiger partial charge on any atom is 0.449 e. The molecule has 1 aromatic carbocycles. The highest BCUT2D eigenvalue weighted by Gasteiger charge is 2.38. The lowest BCUT2D eigenvalue weighted by Gasteiger charge is -2.31. The molecular formula is C16H16F3N3O3. The first kappa shape index (κ1) is 17.2. The Morgan fingerprint density at radius 1 is 1.28 bits per heavy atom. The van der Waals surface area contributed by atoms with Crippen LogP contribution in [-0.4, -0.2) is 44.5 Å². The quantitative estimate of drug-likeness (QED) is 0.917. The van der Waals surface area contributed by atoms with Crippen molar-refractivity contribution >= 4 is 22.9 Å². The topological polar surface area (TPSA) is 75.4 Å². The molecule has 0 aliphatic carbocycles. The number of rotatable bonds is 3. The fourth-order valence-electron chi connectivity index (χ4n) is 3.09. The standard InChI is InChI=1S/C16H16F3N3O3/c17-16(18,19)15-20-11-5-1-2-6-12(11)22(15)9-13(23)21-7-3-4-10(8-21)14(24)25/h1-2,5-6,10H,3-4,7-9H2,(H,24,25). The van der Waals surface area contributed by atoms with E-state index in [4.69, 9.17) is 5.11 Å². The van der Waals surface area contributed by atoms with Crippen molar-refractivity contribution in [3.05, 3.63) is 30.1 Å². The highest BCUT2D eigenvalue weighted by Crippen LogP contribution is 2.31. The molecule has 6 nitrogen and oxygen atoms in total. The summed E-state index contributed by atoms with van der Waals surface area (Å²) in [6, 6.07) is 6.07. The molecule has 1 aromatic heterocycles. The Bertz CT molecular complexity index is 816. The molecule has 0 saturated carbocycles. The van der Waals surface area contributed by atoms with Crippen LogP contribution in [0, 0.1) is 5.92 Å². The van der Waals surface area contributed by atoms with Crippen LogP contribution in [0.5, 0.6) is 0 Å². The number of aromatic nitrogens is 2. The molecule has 25 heavy (non-hydrogen) atoms. The van der Waals surface area contributed by atoms with Crippen LogP contribution in [0.1, 0.15) is 18.7 Å². The van der Waals surface area contributed by atoms with Crippen molar-refractivity contribution in [3.8, 4) is 0 Å². The Labute approximate surface area is 140 Å². The first-order chi connectivity index (χ1) is 11.8. The van der Waals surface area contributed by atoms with E-state index >= 15 is 0 Å². The minimum Gasteiger partial charge on any atom is -0.481 e. The van der Waals surface area contributed by atoms with Gasteiger partial charge in [-0.1, -0.05) is 12.1 Å². The number of hydrogen-bond donors (Lipinski definition) is 1. The molecule has 3 rings (SSSR count). The highest BCUT2D eigenvalue weighted by molar-refractivity contribution is 5.82. The third kappa shape index (κ3) is 3.45. The van der Waals surface area contributed by atoms with Gasteiger partial charge in [0.1, 0.15) is 6.54 Å². The molecule has 1 aliphatic heterocycles. The first-order valence-electron chi connectivity index (χ1n) is 7.80. The van der Waals surface area contributed by atoms with Gasteiger partial charge in [-0.3, -0.25) is 9.59 Å². The summed E-state index contributed by atoms with van der Waals surface area (Å²) in [6.07, 6.45) is -3.72. The zero-order chi connectivity index (χ0) is 18.2. The average molecular weight is 355 g/mol. The van der Waals surface area contributed by atoms with E-state index in [9.17, 15) is 22.8 Å². The van der Waals surface area contributed by atoms with Gasteiger partial charge in [0.05, 0.1) is 17.0 Å². The van der Waals surface area contributed by atoms with Crippen LogP contribution in [0.4, 0.5) is 13.2 Å². The SMILES string of the molecule is O=C(O)C1CCCN(C(=O)Cn2c(C(F)(F)F)nc3ccccc32)C1. The fraction of sp³-hybridized carbons (Fsp3) is 0.438. The van der Waals surface area contributed by atoms with Crippen molar-refractivity contribution in [1.29, 1.82) is 0 Å². The third-order valence-corrected chi connectivity index (χ3v) is 4.32. The van der Waals surface area contributed by atoms with Gasteiger partial charge in [0.25, 0.3) is 0 Å². The lowest BCUT2D eigenvalue weighted by Crippen LogP contribution is -2.43. The number of carbonyl (C=O) groups is 2. The Hall–Kier alpha value is -2.58. The normalized spacial score (nSPS) is 18.5. The van der Waals surface area contributed by atoms with Crippen LogP contribution in [0.2, 0.25) is 0 Å². The number of imidazole rings is 1. The molecule has 1 amide bonds. The van der Waals surface area contributed by atoms with Gasteiger partial charge in [0.2, 0.25) is 11.7 Å². The minimum absolute atomic E-state index is 0.0160. The summed E-state index contributed by atoms with van der Waals surface area (Å²) in [4.78, 5) is 28.5. The Balaban J connectivity index is 1.89. The molecular weight excluding hydrogens is 339 g/mol. The monoisotopic (exact) mass is 355 g/mol. The number of carboxylic acid groups (broad SMARTS) is 1. The van der Waals surface area contributed by atoms with Gasteiger partial charge in [0.15, 0.2) is 0 Å². The minimum atomic E-state index is -4.69. The molecule has 1 aliphatic rings. The lowest BCUT2D eigenvalue weighted by atomic mass is 9.98. The smallest absolute Gasteiger partial charge is 0.449 e. The second kappa shape index (κ2) is 6.38. The second-order valence-corrected chi connectivity index (χ2v) is 6.03. The second-order valence-electron chi connectivity index (χ2n) is 6.03. The number of halogens is 3. The maximum atomic E-state index is 13.3. The number of piperidine rings is 1. The maximum absolute atomic E-state index is 13.3. The molecule has 1 N–H and O–H groups in total. The predicted octanol–water partition coefficient (Wildman–Crippen LogP) is 2.38. The summed E-state index contributed by atoms with van der Waals surface area (Å²) in [5, 5.41) is 9.08. The summed E-state index contributed by atoms with van der Waals surface area (Å²) >= 11 is 0. The van der Waals surface area contributed by atoms with Crippen molar-refractivity contribution in [2.24, 2.45) is 5.92 Å². The largest absolute Gasteiger partial charge is 0.481 e. The number of para-hydroxylation sites is 2. The van der Waals surface area contributed by atoms with E-state index in [1.54, 1.807) is 12.1 Å². The zero-order valence-corrected chi connectivity index (χ0v) is 13.2. The van der Waals surface area contributed by atoms with Crippen LogP contribution in [-0.2, 0) is 22.3 Å². The zero-order valence-electron chi connectivity index (χ0n) is 13.2.